The van der Waals surface area contributed by atoms with E-state index in [1.165, 1.54) is 115 Å². The van der Waals surface area contributed by atoms with Gasteiger partial charge in [-0.2, -0.15) is 15.0 Å². The highest BCUT2D eigenvalue weighted by atomic mass is 35.5. The molecule has 17 rings (SSSR count). The third kappa shape index (κ3) is 25.9. The summed E-state index contributed by atoms with van der Waals surface area (Å²) in [6, 6.07) is 22.9. The van der Waals surface area contributed by atoms with E-state index in [1.807, 2.05) is 19.6 Å². The van der Waals surface area contributed by atoms with Gasteiger partial charge in [0.15, 0.2) is 29.1 Å². The Kier molecular flexibility index (Phi) is 35.9. The quantitative estimate of drug-likeness (QED) is 0.0138. The lowest BCUT2D eigenvalue weighted by Gasteiger charge is -2.35. The molecule has 0 radical (unpaired) electrons. The van der Waals surface area contributed by atoms with Crippen molar-refractivity contribution >= 4 is 164 Å². The second-order valence-electron chi connectivity index (χ2n) is 36.4. The summed E-state index contributed by atoms with van der Waals surface area (Å²) in [6.07, 6.45) is 7.80. The lowest BCUT2D eigenvalue weighted by atomic mass is 10.0. The van der Waals surface area contributed by atoms with Crippen LogP contribution in [0.1, 0.15) is 23.8 Å². The second-order valence-corrected chi connectivity index (χ2v) is 48.7. The molecule has 150 heavy (non-hydrogen) atoms. The summed E-state index contributed by atoms with van der Waals surface area (Å²) in [7, 11) is -7.18. The van der Waals surface area contributed by atoms with Gasteiger partial charge in [0, 0.05) is 174 Å². The van der Waals surface area contributed by atoms with Gasteiger partial charge in [-0.1, -0.05) is 97.0 Å². The van der Waals surface area contributed by atoms with Crippen LogP contribution in [0.4, 0.5) is 68.7 Å². The van der Waals surface area contributed by atoms with Crippen molar-refractivity contribution in [2.75, 3.05) is 195 Å². The molecule has 0 unspecified atom stereocenters. The predicted octanol–water partition coefficient (Wildman–Crippen LogP) is 19.9. The predicted molar refractivity (Wildman–Crippen MR) is 565 cm³/mol. The topological polar surface area (TPSA) is 373 Å². The fourth-order valence-corrected chi connectivity index (χ4v) is 20.7. The Morgan fingerprint density at radius 3 is 1.02 bits per heavy atom. The molecule has 4 aliphatic rings. The van der Waals surface area contributed by atoms with E-state index in [-0.39, 0.29) is 171 Å². The standard InChI is InChI=1S/C28H23ClF3N5O3.C26H28ClF2N4O4P.C25H27ClF2N5O3P.C24H24ClF2N4O3P/c1-2-23(39)36-9-11-37(12-10-36)28-16-13-17(29)24(25-19(31)5-3-7-21(25)38)26(32)27(16)34-22(35-28)15-40-14-20-18(30)6-4-8-33-20;1-4-20(35)32-9-11-33(12-10-32)25-16-15-17(27)21(22-18(28)7-5-8-19(22)34)23(29)24(16)30-26(31-25)37-13-6-14-38(2,3)36;1-4-19(35)32-9-11-33(12-10-32)24-15-14-16(26)20(21-17(27)6-5-7-18(21)34)22(28)23(15)30-25(31-24)29-8-13-37(2,3)36;1-4-19(33)30-8-10-31(11-9-30)24-14-12-15(25)20(21-16(26)6-5-7-17(21)32)22(27)23(14)28-18(29-24)13-35(2,3)34/h2-8,13,38H,1,9-12,14-15H2;4-5,7-8,15,34H,1,6,9-14H2,2-3H3;4-7,14,34H,1,8-13H2,2-3H3,(H,29,30,31);4-7,12,32H,1,8-11,13H2,2-3H3. The number of hydrogen-bond donors (Lipinski definition) is 5. The molecule has 13 aromatic rings. The molecule has 5 N–H and O–H groups in total. The average Bonchev–Trinajstić information content (AvgIpc) is 0.762. The number of pyridine rings is 1. The summed E-state index contributed by atoms with van der Waals surface area (Å²) in [5, 5.41) is 44.7. The number of piperazine rings is 4. The summed E-state index contributed by atoms with van der Waals surface area (Å²) >= 11 is 25.8. The number of ether oxygens (including phenoxy) is 2. The molecule has 0 bridgehead atoms. The van der Waals surface area contributed by atoms with Gasteiger partial charge in [0.25, 0.3) is 0 Å². The Morgan fingerprint density at radius 2 is 0.693 bits per heavy atom. The van der Waals surface area contributed by atoms with Gasteiger partial charge >= 0.3 is 6.01 Å². The highest BCUT2D eigenvalue weighted by Crippen LogP contribution is 2.50. The van der Waals surface area contributed by atoms with Crippen LogP contribution in [0.5, 0.6) is 29.0 Å². The molecule has 8 aromatic carbocycles. The van der Waals surface area contributed by atoms with Crippen molar-refractivity contribution in [2.45, 2.75) is 25.8 Å². The van der Waals surface area contributed by atoms with Crippen LogP contribution < -0.4 is 29.7 Å². The Labute approximate surface area is 875 Å². The number of nitrogens with zero attached hydrogens (tertiary/aromatic N) is 17. The highest BCUT2D eigenvalue weighted by Gasteiger charge is 2.36. The number of aromatic hydroxyl groups is 4. The molecule has 5 aromatic heterocycles. The van der Waals surface area contributed by atoms with E-state index in [4.69, 9.17) is 55.9 Å². The van der Waals surface area contributed by atoms with Gasteiger partial charge in [0.05, 0.1) is 83.1 Å². The van der Waals surface area contributed by atoms with Gasteiger partial charge in [-0.05, 0) is 156 Å². The number of benzene rings is 8. The lowest BCUT2D eigenvalue weighted by molar-refractivity contribution is -0.127. The van der Waals surface area contributed by atoms with E-state index in [2.05, 4.69) is 76.5 Å². The molecule has 47 heteroatoms. The Hall–Kier alpha value is -13.7. The van der Waals surface area contributed by atoms with Crippen molar-refractivity contribution in [3.63, 3.8) is 0 Å². The monoisotopic (exact) mass is 2200 g/mol. The third-order valence-electron chi connectivity index (χ3n) is 24.6. The zero-order chi connectivity index (χ0) is 108. The first-order chi connectivity index (χ1) is 71.3. The number of carbonyl (C=O) groups is 4. The van der Waals surface area contributed by atoms with E-state index in [0.29, 0.717) is 164 Å². The maximum atomic E-state index is 16.1. The summed E-state index contributed by atoms with van der Waals surface area (Å²) in [4.78, 5) is 102. The molecule has 788 valence electrons. The maximum Gasteiger partial charge on any atom is 0.319 e. The second kappa shape index (κ2) is 48.1. The van der Waals surface area contributed by atoms with Crippen LogP contribution in [-0.2, 0) is 57.0 Å². The first-order valence-corrected chi connectivity index (χ1v) is 56.6. The van der Waals surface area contributed by atoms with Gasteiger partial charge in [-0.3, -0.25) is 24.2 Å². The number of carbonyl (C=O) groups excluding carboxylic acids is 4. The van der Waals surface area contributed by atoms with Crippen LogP contribution in [0.15, 0.2) is 166 Å². The SMILES string of the molecule is C=CC(=O)N1CCN(c2nc(COCc3ncccc3F)nc3c(F)c(-c4c(O)cccc4F)c(Cl)cc23)CC1.C=CC(=O)N1CCN(c2nc(CP(C)(C)=O)nc3c(F)c(-c4c(O)cccc4F)c(Cl)cc23)CC1.C=CC(=O)N1CCN(c2nc(NCCP(C)(C)=O)nc3c(F)c(-c4c(O)cccc4F)c(Cl)cc23)CC1.C=CC(=O)N1CCN(c2nc(OCCCP(C)(C)=O)nc3c(F)c(-c4c(O)cccc4F)c(Cl)cc23)CC1. The summed E-state index contributed by atoms with van der Waals surface area (Å²) < 4.78 is 185. The van der Waals surface area contributed by atoms with Crippen molar-refractivity contribution < 1.29 is 102 Å². The van der Waals surface area contributed by atoms with Crippen LogP contribution in [0.2, 0.25) is 20.1 Å². The van der Waals surface area contributed by atoms with Crippen molar-refractivity contribution in [1.82, 2.24) is 64.5 Å². The number of aromatic nitrogens is 9. The first kappa shape index (κ1) is 112. The maximum absolute atomic E-state index is 16.1. The van der Waals surface area contributed by atoms with Gasteiger partial charge in [-0.15, -0.1) is 0 Å². The first-order valence-electron chi connectivity index (χ1n) is 46.8. The molecule has 0 atom stereocenters. The summed E-state index contributed by atoms with van der Waals surface area (Å²) in [5.41, 5.74) is -3.29. The van der Waals surface area contributed by atoms with E-state index >= 15 is 17.6 Å². The van der Waals surface area contributed by atoms with Crippen LogP contribution in [0.3, 0.4) is 0 Å². The van der Waals surface area contributed by atoms with E-state index in [9.17, 15) is 75.3 Å². The minimum Gasteiger partial charge on any atom is -0.507 e. The Morgan fingerprint density at radius 1 is 0.380 bits per heavy atom. The number of nitrogens with one attached hydrogen (secondary N) is 1. The van der Waals surface area contributed by atoms with Crippen LogP contribution >= 0.6 is 67.8 Å². The van der Waals surface area contributed by atoms with Crippen molar-refractivity contribution in [3.8, 4) is 73.5 Å². The molecular formula is C103H102Cl4F9N18O13P3. The van der Waals surface area contributed by atoms with Gasteiger partial charge in [-0.25, -0.2) is 64.4 Å². The molecule has 0 aliphatic carbocycles. The van der Waals surface area contributed by atoms with E-state index < -0.39 is 102 Å². The third-order valence-corrected chi connectivity index (χ3v) is 29.5. The fraction of sp³-hybridized carbons (Fsp3) is 0.291. The Bertz CT molecular complexity index is 7540. The normalized spacial score (nSPS) is 14.1. The highest BCUT2D eigenvalue weighted by molar-refractivity contribution is 7.62. The van der Waals surface area contributed by atoms with Crippen molar-refractivity contribution in [1.29, 1.82) is 0 Å². The molecule has 31 nitrogen and oxygen atoms in total. The number of rotatable bonds is 27. The number of fused-ring (bicyclic) bond motifs is 4. The van der Waals surface area contributed by atoms with Crippen LogP contribution in [-0.4, -0.2) is 279 Å². The smallest absolute Gasteiger partial charge is 0.319 e. The molecule has 4 amide bonds. The largest absolute Gasteiger partial charge is 0.507 e. The minimum atomic E-state index is -2.62. The van der Waals surface area contributed by atoms with Crippen molar-refractivity contribution in [3.05, 3.63) is 256 Å². The van der Waals surface area contributed by atoms with Gasteiger partial charge in [0.1, 0.15) is 116 Å². The zero-order valence-electron chi connectivity index (χ0n) is 81.9. The molecule has 9 heterocycles. The van der Waals surface area contributed by atoms with Crippen LogP contribution in [0.25, 0.3) is 88.1 Å². The Balaban J connectivity index is 0.000000158. The van der Waals surface area contributed by atoms with Crippen molar-refractivity contribution in [2.24, 2.45) is 0 Å². The average molecular weight is 2210 g/mol. The summed E-state index contributed by atoms with van der Waals surface area (Å²) in [5.74, 6) is -8.46. The number of phenolic OH excluding ortho intramolecular Hbond substituents is 4. The van der Waals surface area contributed by atoms with E-state index in [0.717, 1.165) is 24.3 Å². The number of halogens is 13. The fourth-order valence-electron chi connectivity index (χ4n) is 17.2. The molecule has 4 aliphatic heterocycles. The molecule has 4 saturated heterocycles. The minimum absolute atomic E-state index is 0.0349. The number of anilines is 5. The van der Waals surface area contributed by atoms with E-state index in [1.54, 1.807) is 59.6 Å². The number of phenols is 4. The number of hydrogen-bond acceptors (Lipinski definition) is 27. The summed E-state index contributed by atoms with van der Waals surface area (Å²) in [6.45, 7) is 30.4. The molecule has 4 fully saturated rings. The molecule has 0 spiro atoms. The lowest BCUT2D eigenvalue weighted by Crippen LogP contribution is -2.48. The zero-order valence-corrected chi connectivity index (χ0v) is 87.6. The van der Waals surface area contributed by atoms with Crippen LogP contribution in [0, 0.1) is 52.4 Å². The molecular weight excluding hydrogens is 2100 g/mol. The van der Waals surface area contributed by atoms with Gasteiger partial charge in [0.2, 0.25) is 29.6 Å². The molecule has 0 saturated carbocycles. The van der Waals surface area contributed by atoms with Gasteiger partial charge < -0.3 is 88.1 Å². The number of amides is 4.